The van der Waals surface area contributed by atoms with Gasteiger partial charge in [0.1, 0.15) is 11.5 Å². The molecule has 0 saturated heterocycles. The first kappa shape index (κ1) is 14.6. The van der Waals surface area contributed by atoms with Crippen LogP contribution in [0.5, 0.6) is 11.5 Å². The summed E-state index contributed by atoms with van der Waals surface area (Å²) < 4.78 is 11.6. The summed E-state index contributed by atoms with van der Waals surface area (Å²) in [6.07, 6.45) is 0. The van der Waals surface area contributed by atoms with E-state index in [9.17, 15) is 4.79 Å². The fourth-order valence-corrected chi connectivity index (χ4v) is 1.94. The molecule has 3 nitrogen and oxygen atoms in total. The molecule has 0 aliphatic rings. The second-order valence-electron chi connectivity index (χ2n) is 4.49. The molecule has 0 spiro atoms. The number of carbonyl (C=O) groups is 1. The molecular weight excluding hydrogens is 320 g/mol. The Kier molecular flexibility index (Phi) is 4.79. The number of halogens is 1. The zero-order chi connectivity index (χ0) is 14.5. The zero-order valence-corrected chi connectivity index (χ0v) is 12.9. The predicted octanol–water partition coefficient (Wildman–Crippen LogP) is 4.05. The Bertz CT molecular complexity index is 623. The molecule has 0 aliphatic heterocycles. The number of esters is 1. The summed E-state index contributed by atoms with van der Waals surface area (Å²) in [5.41, 5.74) is 2.09. The van der Waals surface area contributed by atoms with E-state index in [0.29, 0.717) is 11.5 Å². The van der Waals surface area contributed by atoms with Crippen LogP contribution in [0.2, 0.25) is 0 Å². The highest BCUT2D eigenvalue weighted by Gasteiger charge is 2.07. The Balaban J connectivity index is 1.91. The van der Waals surface area contributed by atoms with Crippen molar-refractivity contribution < 1.29 is 14.3 Å². The molecular formula is C16H15BrO3. The van der Waals surface area contributed by atoms with Gasteiger partial charge in [-0.3, -0.25) is 0 Å². The van der Waals surface area contributed by atoms with Gasteiger partial charge in [0.05, 0.1) is 0 Å². The molecule has 0 heterocycles. The largest absolute Gasteiger partial charge is 0.482 e. The Morgan fingerprint density at radius 1 is 1.10 bits per heavy atom. The van der Waals surface area contributed by atoms with Crippen molar-refractivity contribution in [3.05, 3.63) is 58.1 Å². The molecule has 0 radical (unpaired) electrons. The maximum atomic E-state index is 11.7. The van der Waals surface area contributed by atoms with Crippen molar-refractivity contribution in [2.45, 2.75) is 13.8 Å². The van der Waals surface area contributed by atoms with E-state index < -0.39 is 5.97 Å². The van der Waals surface area contributed by atoms with Gasteiger partial charge in [0, 0.05) is 4.47 Å². The predicted molar refractivity (Wildman–Crippen MR) is 81.2 cm³/mol. The number of hydrogen-bond donors (Lipinski definition) is 0. The summed E-state index contributed by atoms with van der Waals surface area (Å²) in [4.78, 5) is 11.7. The van der Waals surface area contributed by atoms with Crippen LogP contribution < -0.4 is 9.47 Å². The van der Waals surface area contributed by atoms with E-state index in [1.807, 2.05) is 44.2 Å². The van der Waals surface area contributed by atoms with Crippen LogP contribution in [0.25, 0.3) is 0 Å². The first-order valence-electron chi connectivity index (χ1n) is 6.21. The molecule has 104 valence electrons. The molecule has 0 unspecified atom stereocenters. The van der Waals surface area contributed by atoms with Gasteiger partial charge in [-0.1, -0.05) is 28.1 Å². The summed E-state index contributed by atoms with van der Waals surface area (Å²) in [5.74, 6) is 0.755. The maximum absolute atomic E-state index is 11.7. The van der Waals surface area contributed by atoms with Crippen molar-refractivity contribution in [1.82, 2.24) is 0 Å². The Morgan fingerprint density at radius 2 is 1.90 bits per heavy atom. The fourth-order valence-electron chi connectivity index (χ4n) is 1.69. The van der Waals surface area contributed by atoms with Gasteiger partial charge in [-0.15, -0.1) is 0 Å². The smallest absolute Gasteiger partial charge is 0.349 e. The van der Waals surface area contributed by atoms with Crippen LogP contribution in [0.1, 0.15) is 11.1 Å². The van der Waals surface area contributed by atoms with E-state index in [2.05, 4.69) is 15.9 Å². The van der Waals surface area contributed by atoms with E-state index in [4.69, 9.17) is 9.47 Å². The molecule has 0 bridgehead atoms. The topological polar surface area (TPSA) is 35.5 Å². The molecule has 0 N–H and O–H groups in total. The molecule has 0 aromatic heterocycles. The second-order valence-corrected chi connectivity index (χ2v) is 5.34. The lowest BCUT2D eigenvalue weighted by molar-refractivity contribution is -0.136. The second kappa shape index (κ2) is 6.57. The van der Waals surface area contributed by atoms with Crippen LogP contribution in [0.15, 0.2) is 46.9 Å². The average Bonchev–Trinajstić information content (AvgIpc) is 2.41. The highest BCUT2D eigenvalue weighted by molar-refractivity contribution is 9.10. The summed E-state index contributed by atoms with van der Waals surface area (Å²) in [6, 6.07) is 12.9. The lowest BCUT2D eigenvalue weighted by atomic mass is 10.2. The minimum atomic E-state index is -0.423. The van der Waals surface area contributed by atoms with Gasteiger partial charge in [-0.2, -0.15) is 0 Å². The summed E-state index contributed by atoms with van der Waals surface area (Å²) in [7, 11) is 0. The third-order valence-corrected chi connectivity index (χ3v) is 3.60. The third-order valence-electron chi connectivity index (χ3n) is 2.71. The van der Waals surface area contributed by atoms with E-state index >= 15 is 0 Å². The normalized spacial score (nSPS) is 10.2. The minimum Gasteiger partial charge on any atom is -0.482 e. The minimum absolute atomic E-state index is 0.113. The lowest BCUT2D eigenvalue weighted by Gasteiger charge is -2.08. The highest BCUT2D eigenvalue weighted by Crippen LogP contribution is 2.21. The monoisotopic (exact) mass is 334 g/mol. The zero-order valence-electron chi connectivity index (χ0n) is 11.4. The van der Waals surface area contributed by atoms with Crippen LogP contribution in [-0.2, 0) is 4.79 Å². The number of hydrogen-bond acceptors (Lipinski definition) is 3. The number of rotatable bonds is 4. The molecule has 0 atom stereocenters. The fraction of sp³-hybridized carbons (Fsp3) is 0.188. The van der Waals surface area contributed by atoms with Crippen LogP contribution in [0.4, 0.5) is 0 Å². The van der Waals surface area contributed by atoms with E-state index in [0.717, 1.165) is 15.6 Å². The average molecular weight is 335 g/mol. The molecule has 2 rings (SSSR count). The van der Waals surface area contributed by atoms with Crippen molar-refractivity contribution in [3.63, 3.8) is 0 Å². The maximum Gasteiger partial charge on any atom is 0.349 e. The quantitative estimate of drug-likeness (QED) is 0.625. The Labute approximate surface area is 126 Å². The number of ether oxygens (including phenoxy) is 2. The van der Waals surface area contributed by atoms with Gasteiger partial charge < -0.3 is 9.47 Å². The van der Waals surface area contributed by atoms with E-state index in [1.165, 1.54) is 0 Å². The number of benzene rings is 2. The highest BCUT2D eigenvalue weighted by atomic mass is 79.9. The molecule has 0 fully saturated rings. The molecule has 0 aliphatic carbocycles. The molecule has 4 heteroatoms. The molecule has 0 amide bonds. The summed E-state index contributed by atoms with van der Waals surface area (Å²) >= 11 is 3.40. The van der Waals surface area contributed by atoms with E-state index in [1.54, 1.807) is 12.1 Å². The van der Waals surface area contributed by atoms with Crippen molar-refractivity contribution in [2.75, 3.05) is 6.61 Å². The van der Waals surface area contributed by atoms with Gasteiger partial charge in [-0.25, -0.2) is 4.79 Å². The molecule has 0 saturated carbocycles. The van der Waals surface area contributed by atoms with Crippen LogP contribution in [0, 0.1) is 13.8 Å². The first-order chi connectivity index (χ1) is 9.54. The van der Waals surface area contributed by atoms with Crippen molar-refractivity contribution in [2.24, 2.45) is 0 Å². The van der Waals surface area contributed by atoms with Crippen LogP contribution in [-0.4, -0.2) is 12.6 Å². The van der Waals surface area contributed by atoms with Gasteiger partial charge in [0.2, 0.25) is 0 Å². The molecule has 2 aromatic carbocycles. The van der Waals surface area contributed by atoms with Gasteiger partial charge >= 0.3 is 5.97 Å². The Morgan fingerprint density at radius 3 is 2.60 bits per heavy atom. The molecule has 20 heavy (non-hydrogen) atoms. The number of carbonyl (C=O) groups excluding carboxylic acids is 1. The van der Waals surface area contributed by atoms with Crippen LogP contribution in [0.3, 0.4) is 0 Å². The third kappa shape index (κ3) is 4.10. The standard InChI is InChI=1S/C16H15BrO3/c1-11-4-3-5-13(8-11)19-10-16(18)20-14-6-7-15(17)12(2)9-14/h3-9H,10H2,1-2H3. The Hall–Kier alpha value is -1.81. The summed E-state index contributed by atoms with van der Waals surface area (Å²) in [5, 5.41) is 0. The SMILES string of the molecule is Cc1cccc(OCC(=O)Oc2ccc(Br)c(C)c2)c1. The van der Waals surface area contributed by atoms with Gasteiger partial charge in [0.25, 0.3) is 0 Å². The van der Waals surface area contributed by atoms with Crippen molar-refractivity contribution >= 4 is 21.9 Å². The van der Waals surface area contributed by atoms with Crippen molar-refractivity contribution in [1.29, 1.82) is 0 Å². The lowest BCUT2D eigenvalue weighted by Crippen LogP contribution is -2.17. The van der Waals surface area contributed by atoms with Crippen molar-refractivity contribution in [3.8, 4) is 11.5 Å². The summed E-state index contributed by atoms with van der Waals surface area (Å²) in [6.45, 7) is 3.79. The molecule has 2 aromatic rings. The van der Waals surface area contributed by atoms with Gasteiger partial charge in [-0.05, 0) is 55.3 Å². The van der Waals surface area contributed by atoms with Gasteiger partial charge in [0.15, 0.2) is 6.61 Å². The first-order valence-corrected chi connectivity index (χ1v) is 7.00. The van der Waals surface area contributed by atoms with Crippen LogP contribution >= 0.6 is 15.9 Å². The number of aryl methyl sites for hydroxylation is 2. The van der Waals surface area contributed by atoms with E-state index in [-0.39, 0.29) is 6.61 Å².